The first-order valence-corrected chi connectivity index (χ1v) is 9.83. The summed E-state index contributed by atoms with van der Waals surface area (Å²) in [6, 6.07) is 23.2. The van der Waals surface area contributed by atoms with Crippen LogP contribution in [0.1, 0.15) is 11.1 Å². The van der Waals surface area contributed by atoms with Crippen LogP contribution in [0.15, 0.2) is 87.7 Å². The number of hydrogen-bond acceptors (Lipinski definition) is 4. The molecule has 3 aromatic rings. The summed E-state index contributed by atoms with van der Waals surface area (Å²) in [5.41, 5.74) is 4.58. The highest BCUT2D eigenvalue weighted by atomic mass is 35.5. The van der Waals surface area contributed by atoms with Gasteiger partial charge < -0.3 is 4.74 Å². The molecule has 6 heteroatoms. The molecule has 0 saturated heterocycles. The van der Waals surface area contributed by atoms with E-state index in [1.807, 2.05) is 24.3 Å². The summed E-state index contributed by atoms with van der Waals surface area (Å²) in [7, 11) is 0. The number of ether oxygens (including phenoxy) is 1. The number of nitrogens with zero attached hydrogens (tertiary/aromatic N) is 1. The third-order valence-electron chi connectivity index (χ3n) is 3.71. The van der Waals surface area contributed by atoms with E-state index in [1.165, 1.54) is 10.5 Å². The molecule has 0 heterocycles. The first kappa shape index (κ1) is 20.0. The van der Waals surface area contributed by atoms with Gasteiger partial charge in [0.2, 0.25) is 0 Å². The fraction of sp³-hybridized carbons (Fsp3) is 0.0909. The average molecular weight is 411 g/mol. The number of amides is 1. The number of rotatable bonds is 7. The Hall–Kier alpha value is -2.76. The number of aryl methyl sites for hydroxylation is 1. The van der Waals surface area contributed by atoms with Gasteiger partial charge in [-0.25, -0.2) is 5.43 Å². The van der Waals surface area contributed by atoms with Crippen molar-refractivity contribution >= 4 is 35.5 Å². The Morgan fingerprint density at radius 2 is 1.75 bits per heavy atom. The van der Waals surface area contributed by atoms with Crippen LogP contribution in [-0.4, -0.2) is 18.7 Å². The lowest BCUT2D eigenvalue weighted by Gasteiger charge is -2.05. The summed E-state index contributed by atoms with van der Waals surface area (Å²) in [5, 5.41) is 4.51. The fourth-order valence-corrected chi connectivity index (χ4v) is 3.28. The van der Waals surface area contributed by atoms with Crippen molar-refractivity contribution in [3.05, 3.63) is 88.9 Å². The van der Waals surface area contributed by atoms with Crippen molar-refractivity contribution in [3.63, 3.8) is 0 Å². The summed E-state index contributed by atoms with van der Waals surface area (Å²) in [6.45, 7) is 1.94. The van der Waals surface area contributed by atoms with Crippen LogP contribution in [-0.2, 0) is 4.79 Å². The molecule has 0 atom stereocenters. The van der Waals surface area contributed by atoms with E-state index in [1.54, 1.807) is 42.2 Å². The number of benzene rings is 3. The van der Waals surface area contributed by atoms with Crippen LogP contribution in [0.2, 0.25) is 5.02 Å². The molecule has 0 spiro atoms. The van der Waals surface area contributed by atoms with Gasteiger partial charge in [0, 0.05) is 14.8 Å². The summed E-state index contributed by atoms with van der Waals surface area (Å²) in [4.78, 5) is 14.1. The second-order valence-electron chi connectivity index (χ2n) is 6.02. The van der Waals surface area contributed by atoms with Crippen molar-refractivity contribution in [1.82, 2.24) is 5.43 Å². The van der Waals surface area contributed by atoms with Crippen molar-refractivity contribution in [1.29, 1.82) is 0 Å². The lowest BCUT2D eigenvalue weighted by atomic mass is 10.2. The van der Waals surface area contributed by atoms with Crippen molar-refractivity contribution < 1.29 is 9.53 Å². The van der Waals surface area contributed by atoms with Gasteiger partial charge in [-0.15, -0.1) is 0 Å². The van der Waals surface area contributed by atoms with Crippen LogP contribution in [0.5, 0.6) is 5.75 Å². The number of hydrazone groups is 1. The molecule has 0 fully saturated rings. The molecule has 3 rings (SSSR count). The summed E-state index contributed by atoms with van der Waals surface area (Å²) in [6.07, 6.45) is 1.59. The Balaban J connectivity index is 1.46. The van der Waals surface area contributed by atoms with Crippen LogP contribution < -0.4 is 10.2 Å². The average Bonchev–Trinajstić information content (AvgIpc) is 2.70. The minimum Gasteiger partial charge on any atom is -0.484 e. The van der Waals surface area contributed by atoms with E-state index >= 15 is 0 Å². The third kappa shape index (κ3) is 6.44. The zero-order chi connectivity index (χ0) is 19.8. The zero-order valence-electron chi connectivity index (χ0n) is 15.3. The van der Waals surface area contributed by atoms with Gasteiger partial charge in [-0.3, -0.25) is 4.79 Å². The summed E-state index contributed by atoms with van der Waals surface area (Å²) >= 11 is 7.57. The normalized spacial score (nSPS) is 10.8. The highest BCUT2D eigenvalue weighted by molar-refractivity contribution is 7.99. The van der Waals surface area contributed by atoms with Crippen LogP contribution in [0.25, 0.3) is 0 Å². The van der Waals surface area contributed by atoms with Gasteiger partial charge in [-0.1, -0.05) is 59.3 Å². The predicted molar refractivity (Wildman–Crippen MR) is 114 cm³/mol. The van der Waals surface area contributed by atoms with E-state index in [0.29, 0.717) is 10.8 Å². The molecule has 3 aromatic carbocycles. The molecule has 0 aliphatic carbocycles. The number of hydrogen-bond donors (Lipinski definition) is 1. The molecular formula is C22H19ClN2O2S. The first-order chi connectivity index (χ1) is 13.6. The number of carbonyl (C=O) groups is 1. The molecule has 0 saturated carbocycles. The van der Waals surface area contributed by atoms with Crippen LogP contribution in [0.4, 0.5) is 0 Å². The van der Waals surface area contributed by atoms with E-state index in [2.05, 4.69) is 41.7 Å². The van der Waals surface area contributed by atoms with Crippen LogP contribution in [0.3, 0.4) is 0 Å². The molecule has 0 aliphatic heterocycles. The predicted octanol–water partition coefficient (Wildman–Crippen LogP) is 5.33. The van der Waals surface area contributed by atoms with Gasteiger partial charge >= 0.3 is 0 Å². The fourth-order valence-electron chi connectivity index (χ4n) is 2.28. The second kappa shape index (κ2) is 9.97. The maximum atomic E-state index is 11.8. The highest BCUT2D eigenvalue weighted by Gasteiger charge is 2.02. The molecule has 0 radical (unpaired) electrons. The third-order valence-corrected chi connectivity index (χ3v) is 4.96. The summed E-state index contributed by atoms with van der Waals surface area (Å²) < 4.78 is 5.36. The molecule has 142 valence electrons. The van der Waals surface area contributed by atoms with E-state index in [9.17, 15) is 4.79 Å². The van der Waals surface area contributed by atoms with Gasteiger partial charge in [-0.05, 0) is 55.0 Å². The minimum atomic E-state index is -0.345. The van der Waals surface area contributed by atoms with E-state index in [0.717, 1.165) is 10.5 Å². The van der Waals surface area contributed by atoms with Crippen molar-refractivity contribution in [2.24, 2.45) is 5.10 Å². The number of halogens is 1. The Labute approximate surface area is 173 Å². The number of nitrogens with one attached hydrogen (secondary N) is 1. The van der Waals surface area contributed by atoms with Crippen molar-refractivity contribution in [2.75, 3.05) is 6.61 Å². The minimum absolute atomic E-state index is 0.135. The van der Waals surface area contributed by atoms with Gasteiger partial charge in [0.05, 0.1) is 6.21 Å². The SMILES string of the molecule is Cc1ccc(Sc2ccc(/C=N/NC(=O)COc3cccc(Cl)c3)cc2)cc1. The van der Waals surface area contributed by atoms with Gasteiger partial charge in [0.1, 0.15) is 5.75 Å². The monoisotopic (exact) mass is 410 g/mol. The zero-order valence-corrected chi connectivity index (χ0v) is 16.8. The van der Waals surface area contributed by atoms with Crippen LogP contribution >= 0.6 is 23.4 Å². The first-order valence-electron chi connectivity index (χ1n) is 8.63. The van der Waals surface area contributed by atoms with E-state index in [-0.39, 0.29) is 12.5 Å². The van der Waals surface area contributed by atoms with Gasteiger partial charge in [-0.2, -0.15) is 5.10 Å². The molecule has 1 N–H and O–H groups in total. The molecule has 0 aromatic heterocycles. The number of carbonyl (C=O) groups excluding carboxylic acids is 1. The van der Waals surface area contributed by atoms with Crippen molar-refractivity contribution in [3.8, 4) is 5.75 Å². The smallest absolute Gasteiger partial charge is 0.277 e. The molecule has 4 nitrogen and oxygen atoms in total. The lowest BCUT2D eigenvalue weighted by molar-refractivity contribution is -0.123. The van der Waals surface area contributed by atoms with E-state index in [4.69, 9.17) is 16.3 Å². The maximum absolute atomic E-state index is 11.8. The highest BCUT2D eigenvalue weighted by Crippen LogP contribution is 2.27. The summed E-state index contributed by atoms with van der Waals surface area (Å²) in [5.74, 6) is 0.191. The molecule has 1 amide bonds. The Bertz CT molecular complexity index is 957. The lowest BCUT2D eigenvalue weighted by Crippen LogP contribution is -2.24. The quantitative estimate of drug-likeness (QED) is 0.423. The molecule has 28 heavy (non-hydrogen) atoms. The standard InChI is InChI=1S/C22H19ClN2O2S/c1-16-5-9-20(10-6-16)28-21-11-7-17(8-12-21)14-24-25-22(26)15-27-19-4-2-3-18(23)13-19/h2-14H,15H2,1H3,(H,25,26)/b24-14+. The van der Waals surface area contributed by atoms with Gasteiger partial charge in [0.25, 0.3) is 5.91 Å². The van der Waals surface area contributed by atoms with Crippen LogP contribution in [0, 0.1) is 6.92 Å². The molecular weight excluding hydrogens is 392 g/mol. The Morgan fingerprint density at radius 3 is 2.43 bits per heavy atom. The topological polar surface area (TPSA) is 50.7 Å². The van der Waals surface area contributed by atoms with Gasteiger partial charge in [0.15, 0.2) is 6.61 Å². The molecule has 0 bridgehead atoms. The van der Waals surface area contributed by atoms with Crippen molar-refractivity contribution in [2.45, 2.75) is 16.7 Å². The maximum Gasteiger partial charge on any atom is 0.277 e. The second-order valence-corrected chi connectivity index (χ2v) is 7.61. The van der Waals surface area contributed by atoms with E-state index < -0.39 is 0 Å². The Kier molecular flexibility index (Phi) is 7.12. The molecule has 0 aliphatic rings. The molecule has 0 unspecified atom stereocenters. The Morgan fingerprint density at radius 1 is 1.07 bits per heavy atom. The largest absolute Gasteiger partial charge is 0.484 e.